The van der Waals surface area contributed by atoms with Gasteiger partial charge in [0.2, 0.25) is 5.76 Å². The van der Waals surface area contributed by atoms with Crippen molar-refractivity contribution in [2.75, 3.05) is 19.0 Å². The fraction of sp³-hybridized carbons (Fsp3) is 0.269. The first-order chi connectivity index (χ1) is 17.7. The standard InChI is InChI=1S/C26H25Cl2FN2O5S/c1-3-4-5-6-10-36-21-9-7-8-16(23(21)29)20-14-37-26(30-20)31-24(32)15-11-18(27)17(19(28)12-15)13-22(35-2)25(33)34/h7-9,11-14H,3-6,10H2,1-2H3,(H,33,34)(H,30,31,32)/b22-13+. The van der Waals surface area contributed by atoms with Gasteiger partial charge in [-0.05, 0) is 36.8 Å². The molecule has 0 radical (unpaired) electrons. The fourth-order valence-corrected chi connectivity index (χ4v) is 4.65. The average molecular weight is 567 g/mol. The fourth-order valence-electron chi connectivity index (χ4n) is 3.35. The Morgan fingerprint density at radius 1 is 1.19 bits per heavy atom. The number of anilines is 1. The van der Waals surface area contributed by atoms with Crippen LogP contribution in [-0.4, -0.2) is 35.7 Å². The number of benzene rings is 2. The molecule has 11 heteroatoms. The molecule has 0 aliphatic carbocycles. The highest BCUT2D eigenvalue weighted by atomic mass is 35.5. The Morgan fingerprint density at radius 2 is 1.92 bits per heavy atom. The number of nitrogens with zero attached hydrogens (tertiary/aromatic N) is 1. The lowest BCUT2D eigenvalue weighted by atomic mass is 10.1. The number of aromatic nitrogens is 1. The maximum atomic E-state index is 15.0. The summed E-state index contributed by atoms with van der Waals surface area (Å²) in [5.74, 6) is -2.56. The number of carbonyl (C=O) groups is 2. The number of methoxy groups -OCH3 is 1. The summed E-state index contributed by atoms with van der Waals surface area (Å²) in [7, 11) is 1.20. The summed E-state index contributed by atoms with van der Waals surface area (Å²) in [5, 5.41) is 13.8. The van der Waals surface area contributed by atoms with Crippen molar-refractivity contribution in [1.82, 2.24) is 4.98 Å². The van der Waals surface area contributed by atoms with Crippen LogP contribution in [0.5, 0.6) is 5.75 Å². The van der Waals surface area contributed by atoms with E-state index < -0.39 is 17.7 Å². The van der Waals surface area contributed by atoms with Gasteiger partial charge >= 0.3 is 5.97 Å². The van der Waals surface area contributed by atoms with Crippen LogP contribution in [0.2, 0.25) is 10.0 Å². The summed E-state index contributed by atoms with van der Waals surface area (Å²) in [4.78, 5) is 28.3. The molecule has 3 rings (SSSR count). The molecule has 0 fully saturated rings. The highest BCUT2D eigenvalue weighted by Gasteiger charge is 2.18. The molecule has 37 heavy (non-hydrogen) atoms. The van der Waals surface area contributed by atoms with E-state index in [9.17, 15) is 9.59 Å². The lowest BCUT2D eigenvalue weighted by molar-refractivity contribution is -0.135. The summed E-state index contributed by atoms with van der Waals surface area (Å²) < 4.78 is 25.4. The quantitative estimate of drug-likeness (QED) is 0.133. The monoisotopic (exact) mass is 566 g/mol. The minimum Gasteiger partial charge on any atom is -0.490 e. The van der Waals surface area contributed by atoms with Crippen LogP contribution in [0.3, 0.4) is 0 Å². The van der Waals surface area contributed by atoms with Crippen LogP contribution in [0.25, 0.3) is 17.3 Å². The van der Waals surface area contributed by atoms with Crippen molar-refractivity contribution in [3.05, 3.63) is 68.5 Å². The molecule has 1 amide bonds. The molecule has 0 aliphatic heterocycles. The maximum absolute atomic E-state index is 15.0. The summed E-state index contributed by atoms with van der Waals surface area (Å²) in [6.45, 7) is 2.55. The number of hydrogen-bond acceptors (Lipinski definition) is 6. The molecule has 1 heterocycles. The third-order valence-corrected chi connectivity index (χ3v) is 6.65. The molecule has 0 aliphatic rings. The predicted octanol–water partition coefficient (Wildman–Crippen LogP) is 7.54. The second-order valence-corrected chi connectivity index (χ2v) is 9.56. The van der Waals surface area contributed by atoms with Gasteiger partial charge in [-0.3, -0.25) is 10.1 Å². The summed E-state index contributed by atoms with van der Waals surface area (Å²) >= 11 is 13.6. The molecule has 2 N–H and O–H groups in total. The van der Waals surface area contributed by atoms with Crippen molar-refractivity contribution in [1.29, 1.82) is 0 Å². The van der Waals surface area contributed by atoms with Gasteiger partial charge in [-0.2, -0.15) is 0 Å². The van der Waals surface area contributed by atoms with Crippen molar-refractivity contribution in [2.45, 2.75) is 32.6 Å². The second kappa shape index (κ2) is 13.4. The Labute approximate surface area is 227 Å². The number of ether oxygens (including phenoxy) is 2. The average Bonchev–Trinajstić information content (AvgIpc) is 3.32. The number of aliphatic carboxylic acids is 1. The van der Waals surface area contributed by atoms with Crippen LogP contribution in [-0.2, 0) is 9.53 Å². The number of carbonyl (C=O) groups excluding carboxylic acids is 1. The smallest absolute Gasteiger partial charge is 0.371 e. The predicted molar refractivity (Wildman–Crippen MR) is 144 cm³/mol. The zero-order chi connectivity index (χ0) is 26.9. The SMILES string of the molecule is CCCCCCOc1cccc(-c2csc(NC(=O)c3cc(Cl)c(/C=C(/OC)C(=O)O)c(Cl)c3)n2)c1F. The molecule has 196 valence electrons. The number of unbranched alkanes of at least 4 members (excludes halogenated alkanes) is 3. The highest BCUT2D eigenvalue weighted by molar-refractivity contribution is 7.14. The largest absolute Gasteiger partial charge is 0.490 e. The van der Waals surface area contributed by atoms with Crippen LogP contribution in [0, 0.1) is 5.82 Å². The maximum Gasteiger partial charge on any atom is 0.371 e. The van der Waals surface area contributed by atoms with E-state index in [1.807, 2.05) is 0 Å². The molecule has 0 unspecified atom stereocenters. The van der Waals surface area contributed by atoms with Crippen LogP contribution in [0.15, 0.2) is 41.5 Å². The van der Waals surface area contributed by atoms with Crippen molar-refractivity contribution in [3.8, 4) is 17.0 Å². The molecule has 0 bridgehead atoms. The third kappa shape index (κ3) is 7.44. The molecule has 0 atom stereocenters. The van der Waals surface area contributed by atoms with E-state index in [0.29, 0.717) is 12.3 Å². The summed E-state index contributed by atoms with van der Waals surface area (Å²) in [6.07, 6.45) is 5.26. The van der Waals surface area contributed by atoms with Crippen LogP contribution >= 0.6 is 34.5 Å². The highest BCUT2D eigenvalue weighted by Crippen LogP contribution is 2.33. The van der Waals surface area contributed by atoms with Crippen LogP contribution < -0.4 is 10.1 Å². The molecule has 2 aromatic carbocycles. The first kappa shape index (κ1) is 28.4. The van der Waals surface area contributed by atoms with Gasteiger partial charge in [-0.1, -0.05) is 55.5 Å². The van der Waals surface area contributed by atoms with E-state index in [1.165, 1.54) is 25.3 Å². The van der Waals surface area contributed by atoms with Gasteiger partial charge in [0.25, 0.3) is 5.91 Å². The Kier molecular flexibility index (Phi) is 10.3. The summed E-state index contributed by atoms with van der Waals surface area (Å²) in [5.41, 5.74) is 0.936. The number of amides is 1. The third-order valence-electron chi connectivity index (χ3n) is 5.27. The van der Waals surface area contributed by atoms with Gasteiger partial charge in [0.15, 0.2) is 16.7 Å². The van der Waals surface area contributed by atoms with Gasteiger partial charge in [-0.25, -0.2) is 14.2 Å². The van der Waals surface area contributed by atoms with E-state index in [-0.39, 0.29) is 43.4 Å². The van der Waals surface area contributed by atoms with Gasteiger partial charge in [0, 0.05) is 22.1 Å². The van der Waals surface area contributed by atoms with Crippen LogP contribution in [0.1, 0.15) is 48.5 Å². The Balaban J connectivity index is 1.74. The van der Waals surface area contributed by atoms with Crippen LogP contribution in [0.4, 0.5) is 9.52 Å². The van der Waals surface area contributed by atoms with Crippen molar-refractivity contribution >= 4 is 57.6 Å². The zero-order valence-electron chi connectivity index (χ0n) is 20.1. The normalized spacial score (nSPS) is 11.3. The van der Waals surface area contributed by atoms with Crippen molar-refractivity contribution < 1.29 is 28.6 Å². The number of thiazole rings is 1. The summed E-state index contributed by atoms with van der Waals surface area (Å²) in [6, 6.07) is 7.55. The van der Waals surface area contributed by atoms with E-state index in [1.54, 1.807) is 23.6 Å². The Bertz CT molecular complexity index is 1290. The number of hydrogen-bond donors (Lipinski definition) is 2. The zero-order valence-corrected chi connectivity index (χ0v) is 22.5. The molecule has 0 saturated carbocycles. The molecule has 7 nitrogen and oxygen atoms in total. The lowest BCUT2D eigenvalue weighted by Gasteiger charge is -2.09. The minimum atomic E-state index is -1.29. The first-order valence-corrected chi connectivity index (χ1v) is 13.0. The van der Waals surface area contributed by atoms with Gasteiger partial charge in [0.05, 0.1) is 29.5 Å². The topological polar surface area (TPSA) is 97.8 Å². The first-order valence-electron chi connectivity index (χ1n) is 11.4. The minimum absolute atomic E-state index is 0.0573. The molecule has 1 aromatic heterocycles. The molecular formula is C26H25Cl2FN2O5S. The van der Waals surface area contributed by atoms with Crippen molar-refractivity contribution in [3.63, 3.8) is 0 Å². The number of carboxylic acid groups (broad SMARTS) is 1. The van der Waals surface area contributed by atoms with E-state index in [0.717, 1.165) is 37.0 Å². The molecular weight excluding hydrogens is 542 g/mol. The van der Waals surface area contributed by atoms with Gasteiger partial charge in [-0.15, -0.1) is 11.3 Å². The van der Waals surface area contributed by atoms with Gasteiger partial charge in [0.1, 0.15) is 0 Å². The molecule has 0 spiro atoms. The van der Waals surface area contributed by atoms with E-state index in [4.69, 9.17) is 37.8 Å². The van der Waals surface area contributed by atoms with Gasteiger partial charge < -0.3 is 14.6 Å². The van der Waals surface area contributed by atoms with Crippen molar-refractivity contribution in [2.24, 2.45) is 0 Å². The Morgan fingerprint density at radius 3 is 2.57 bits per heavy atom. The second-order valence-electron chi connectivity index (χ2n) is 7.89. The van der Waals surface area contributed by atoms with E-state index in [2.05, 4.69) is 17.2 Å². The van der Waals surface area contributed by atoms with E-state index >= 15 is 4.39 Å². The Hall–Kier alpha value is -3.14. The molecule has 0 saturated heterocycles. The number of nitrogens with one attached hydrogen (secondary N) is 1. The number of carboxylic acids is 1. The lowest BCUT2D eigenvalue weighted by Crippen LogP contribution is -2.12. The molecule has 3 aromatic rings. The number of rotatable bonds is 12. The number of halogens is 3.